The SMILES string of the molecule is O=C(Nc1ccc([N+](=O)[O-])cc1Cl)NN1CCCC1. The van der Waals surface area contributed by atoms with E-state index < -0.39 is 11.0 Å². The van der Waals surface area contributed by atoms with Crippen molar-refractivity contribution >= 4 is 29.0 Å². The Balaban J connectivity index is 1.98. The molecule has 1 heterocycles. The van der Waals surface area contributed by atoms with Crippen molar-refractivity contribution in [3.63, 3.8) is 0 Å². The summed E-state index contributed by atoms with van der Waals surface area (Å²) in [5.74, 6) is 0. The molecule has 1 aliphatic rings. The number of carbonyl (C=O) groups is 1. The topological polar surface area (TPSA) is 87.5 Å². The Morgan fingerprint density at radius 1 is 1.37 bits per heavy atom. The average molecular weight is 285 g/mol. The van der Waals surface area contributed by atoms with Crippen LogP contribution in [-0.2, 0) is 0 Å². The van der Waals surface area contributed by atoms with Gasteiger partial charge in [-0.1, -0.05) is 11.6 Å². The van der Waals surface area contributed by atoms with Crippen molar-refractivity contribution < 1.29 is 9.72 Å². The molecule has 0 saturated carbocycles. The van der Waals surface area contributed by atoms with Crippen molar-refractivity contribution in [1.29, 1.82) is 0 Å². The van der Waals surface area contributed by atoms with Crippen LogP contribution in [0.5, 0.6) is 0 Å². The molecular weight excluding hydrogens is 272 g/mol. The van der Waals surface area contributed by atoms with Crippen LogP contribution < -0.4 is 10.7 Å². The minimum Gasteiger partial charge on any atom is -0.305 e. The fourth-order valence-electron chi connectivity index (χ4n) is 1.84. The van der Waals surface area contributed by atoms with Crippen molar-refractivity contribution in [2.75, 3.05) is 18.4 Å². The number of urea groups is 1. The summed E-state index contributed by atoms with van der Waals surface area (Å²) in [6.07, 6.45) is 2.11. The van der Waals surface area contributed by atoms with Gasteiger partial charge in [-0.2, -0.15) is 0 Å². The monoisotopic (exact) mass is 284 g/mol. The number of hydrazine groups is 1. The molecule has 1 aliphatic heterocycles. The Morgan fingerprint density at radius 2 is 2.05 bits per heavy atom. The molecule has 2 amide bonds. The Labute approximate surface area is 114 Å². The molecule has 2 rings (SSSR count). The van der Waals surface area contributed by atoms with Crippen LogP contribution in [0.3, 0.4) is 0 Å². The molecule has 1 saturated heterocycles. The summed E-state index contributed by atoms with van der Waals surface area (Å²) in [5, 5.41) is 15.1. The van der Waals surface area contributed by atoms with Gasteiger partial charge in [-0.05, 0) is 18.9 Å². The van der Waals surface area contributed by atoms with Gasteiger partial charge in [0.2, 0.25) is 0 Å². The van der Waals surface area contributed by atoms with E-state index in [9.17, 15) is 14.9 Å². The Hall–Kier alpha value is -1.86. The van der Waals surface area contributed by atoms with E-state index in [4.69, 9.17) is 11.6 Å². The van der Waals surface area contributed by atoms with Gasteiger partial charge in [-0.3, -0.25) is 15.5 Å². The lowest BCUT2D eigenvalue weighted by Gasteiger charge is -2.17. The van der Waals surface area contributed by atoms with E-state index in [-0.39, 0.29) is 10.7 Å². The minimum absolute atomic E-state index is 0.115. The summed E-state index contributed by atoms with van der Waals surface area (Å²) in [5.41, 5.74) is 2.90. The molecule has 1 fully saturated rings. The van der Waals surface area contributed by atoms with Crippen LogP contribution in [0.1, 0.15) is 12.8 Å². The summed E-state index contributed by atoms with van der Waals surface area (Å²) in [6, 6.07) is 3.49. The highest BCUT2D eigenvalue weighted by Crippen LogP contribution is 2.26. The first-order valence-corrected chi connectivity index (χ1v) is 6.20. The maximum atomic E-state index is 11.7. The van der Waals surface area contributed by atoms with E-state index in [2.05, 4.69) is 10.7 Å². The molecule has 2 N–H and O–H groups in total. The van der Waals surface area contributed by atoms with Crippen molar-refractivity contribution in [3.8, 4) is 0 Å². The lowest BCUT2D eigenvalue weighted by atomic mass is 10.3. The fraction of sp³-hybridized carbons (Fsp3) is 0.364. The Morgan fingerprint density at radius 3 is 2.63 bits per heavy atom. The van der Waals surface area contributed by atoms with Crippen LogP contribution in [-0.4, -0.2) is 29.1 Å². The third kappa shape index (κ3) is 3.55. The highest BCUT2D eigenvalue weighted by atomic mass is 35.5. The number of halogens is 1. The quantitative estimate of drug-likeness (QED) is 0.659. The molecule has 7 nitrogen and oxygen atoms in total. The number of anilines is 1. The normalized spacial score (nSPS) is 15.2. The summed E-state index contributed by atoms with van der Waals surface area (Å²) < 4.78 is 0. The lowest BCUT2D eigenvalue weighted by Crippen LogP contribution is -2.42. The van der Waals surface area contributed by atoms with E-state index in [0.29, 0.717) is 5.69 Å². The van der Waals surface area contributed by atoms with E-state index in [1.54, 1.807) is 0 Å². The lowest BCUT2D eigenvalue weighted by molar-refractivity contribution is -0.384. The zero-order valence-electron chi connectivity index (χ0n) is 10.1. The largest absolute Gasteiger partial charge is 0.333 e. The molecule has 0 bridgehead atoms. The Bertz CT molecular complexity index is 503. The molecular formula is C11H13ClN4O3. The zero-order valence-corrected chi connectivity index (χ0v) is 10.8. The van der Waals surface area contributed by atoms with Gasteiger partial charge in [0, 0.05) is 25.2 Å². The molecule has 102 valence electrons. The summed E-state index contributed by atoms with van der Waals surface area (Å²) in [4.78, 5) is 21.7. The van der Waals surface area contributed by atoms with E-state index in [0.717, 1.165) is 25.9 Å². The summed E-state index contributed by atoms with van der Waals surface area (Å²) >= 11 is 5.87. The van der Waals surface area contributed by atoms with Gasteiger partial charge in [0.25, 0.3) is 5.69 Å². The maximum Gasteiger partial charge on any atom is 0.333 e. The molecule has 0 atom stereocenters. The molecule has 0 spiro atoms. The predicted octanol–water partition coefficient (Wildman–Crippen LogP) is 2.38. The number of benzene rings is 1. The molecule has 19 heavy (non-hydrogen) atoms. The highest BCUT2D eigenvalue weighted by molar-refractivity contribution is 6.33. The van der Waals surface area contributed by atoms with Crippen molar-refractivity contribution in [3.05, 3.63) is 33.3 Å². The number of hydrogen-bond donors (Lipinski definition) is 2. The number of hydrogen-bond acceptors (Lipinski definition) is 4. The minimum atomic E-state index is -0.542. The van der Waals surface area contributed by atoms with Crippen LogP contribution in [0, 0.1) is 10.1 Å². The van der Waals surface area contributed by atoms with Gasteiger partial charge >= 0.3 is 6.03 Å². The van der Waals surface area contributed by atoms with Crippen LogP contribution in [0.2, 0.25) is 5.02 Å². The Kier molecular flexibility index (Phi) is 4.18. The molecule has 0 unspecified atom stereocenters. The number of nitrogens with zero attached hydrogens (tertiary/aromatic N) is 2. The third-order valence-corrected chi connectivity index (χ3v) is 3.09. The van der Waals surface area contributed by atoms with Crippen LogP contribution >= 0.6 is 11.6 Å². The second-order valence-electron chi connectivity index (χ2n) is 4.18. The standard InChI is InChI=1S/C11H13ClN4O3/c12-9-7-8(16(18)19)3-4-10(9)13-11(17)14-15-5-1-2-6-15/h3-4,7H,1-2,5-6H2,(H2,13,14,17). The zero-order chi connectivity index (χ0) is 13.8. The number of amides is 2. The van der Waals surface area contributed by atoms with E-state index in [1.165, 1.54) is 18.2 Å². The van der Waals surface area contributed by atoms with Crippen molar-refractivity contribution in [2.45, 2.75) is 12.8 Å². The highest BCUT2D eigenvalue weighted by Gasteiger charge is 2.15. The third-order valence-electron chi connectivity index (χ3n) is 2.78. The van der Waals surface area contributed by atoms with Gasteiger partial charge in [-0.15, -0.1) is 0 Å². The number of non-ortho nitro benzene ring substituents is 1. The summed E-state index contributed by atoms with van der Waals surface area (Å²) in [7, 11) is 0. The molecule has 0 radical (unpaired) electrons. The van der Waals surface area contributed by atoms with Crippen LogP contribution in [0.25, 0.3) is 0 Å². The number of nitro benzene ring substituents is 1. The number of carbonyl (C=O) groups excluding carboxylic acids is 1. The number of rotatable bonds is 3. The van der Waals surface area contributed by atoms with Crippen LogP contribution in [0.4, 0.5) is 16.2 Å². The number of nitrogens with one attached hydrogen (secondary N) is 2. The first kappa shape index (κ1) is 13.6. The predicted molar refractivity (Wildman–Crippen MR) is 71.1 cm³/mol. The maximum absolute atomic E-state index is 11.7. The first-order valence-electron chi connectivity index (χ1n) is 5.83. The van der Waals surface area contributed by atoms with Crippen LogP contribution in [0.15, 0.2) is 18.2 Å². The van der Waals surface area contributed by atoms with Crippen molar-refractivity contribution in [2.24, 2.45) is 0 Å². The average Bonchev–Trinajstić information content (AvgIpc) is 2.84. The van der Waals surface area contributed by atoms with Gasteiger partial charge in [0.1, 0.15) is 0 Å². The molecule has 0 aromatic heterocycles. The molecule has 8 heteroatoms. The van der Waals surface area contributed by atoms with E-state index >= 15 is 0 Å². The number of nitro groups is 1. The molecule has 1 aromatic rings. The van der Waals surface area contributed by atoms with E-state index in [1.807, 2.05) is 5.01 Å². The summed E-state index contributed by atoms with van der Waals surface area (Å²) in [6.45, 7) is 1.64. The molecule has 0 aliphatic carbocycles. The smallest absolute Gasteiger partial charge is 0.305 e. The van der Waals surface area contributed by atoms with Crippen molar-refractivity contribution in [1.82, 2.24) is 10.4 Å². The second-order valence-corrected chi connectivity index (χ2v) is 4.59. The second kappa shape index (κ2) is 5.85. The fourth-order valence-corrected chi connectivity index (χ4v) is 2.06. The first-order chi connectivity index (χ1) is 9.06. The van der Waals surface area contributed by atoms with Gasteiger partial charge < -0.3 is 5.32 Å². The molecule has 1 aromatic carbocycles. The van der Waals surface area contributed by atoms with Gasteiger partial charge in [0.05, 0.1) is 15.6 Å². The van der Waals surface area contributed by atoms with Gasteiger partial charge in [0.15, 0.2) is 0 Å². The van der Waals surface area contributed by atoms with Gasteiger partial charge in [-0.25, -0.2) is 9.80 Å².